The molecule has 0 unspecified atom stereocenters. The molecule has 0 saturated carbocycles. The molecule has 3 heterocycles. The summed E-state index contributed by atoms with van der Waals surface area (Å²) in [5.41, 5.74) is 5.04. The van der Waals surface area contributed by atoms with Crippen molar-refractivity contribution in [1.82, 2.24) is 15.0 Å². The molecular formula is C41H41N5O2. The molecule has 48 heavy (non-hydrogen) atoms. The van der Waals surface area contributed by atoms with E-state index in [-0.39, 0.29) is 11.1 Å². The van der Waals surface area contributed by atoms with Gasteiger partial charge in [-0.25, -0.2) is 24.9 Å². The van der Waals surface area contributed by atoms with E-state index in [2.05, 4.69) is 91.8 Å². The molecule has 0 saturated heterocycles. The van der Waals surface area contributed by atoms with E-state index in [0.29, 0.717) is 29.3 Å². The first-order chi connectivity index (χ1) is 22.7. The van der Waals surface area contributed by atoms with Crippen LogP contribution in [0.2, 0.25) is 0 Å². The van der Waals surface area contributed by atoms with Gasteiger partial charge in [0, 0.05) is 27.8 Å². The zero-order chi connectivity index (χ0) is 33.9. The number of aromatic nitrogens is 3. The molecule has 4 aromatic carbocycles. The van der Waals surface area contributed by atoms with E-state index in [1.54, 1.807) is 0 Å². The molecule has 7 heteroatoms. The molecule has 2 aliphatic heterocycles. The maximum atomic E-state index is 6.34. The lowest BCUT2D eigenvalue weighted by Crippen LogP contribution is -2.41. The highest BCUT2D eigenvalue weighted by Crippen LogP contribution is 2.38. The van der Waals surface area contributed by atoms with Crippen LogP contribution in [0.1, 0.15) is 66.5 Å². The second-order valence-corrected chi connectivity index (χ2v) is 14.6. The largest absolute Gasteiger partial charge is 0.469 e. The Bertz CT molecular complexity index is 1970. The summed E-state index contributed by atoms with van der Waals surface area (Å²) in [6.45, 7) is 16.6. The minimum Gasteiger partial charge on any atom is -0.469 e. The Morgan fingerprint density at radius 2 is 0.729 bits per heavy atom. The summed E-state index contributed by atoms with van der Waals surface area (Å²) in [7, 11) is 0. The molecule has 0 radical (unpaired) electrons. The first kappa shape index (κ1) is 31.4. The predicted molar refractivity (Wildman–Crippen MR) is 193 cm³/mol. The van der Waals surface area contributed by atoms with Crippen LogP contribution >= 0.6 is 0 Å². The molecule has 0 N–H and O–H groups in total. The van der Waals surface area contributed by atoms with Gasteiger partial charge in [0.1, 0.15) is 11.2 Å². The van der Waals surface area contributed by atoms with Crippen LogP contribution in [0.5, 0.6) is 0 Å². The Labute approximate surface area is 282 Å². The molecule has 7 nitrogen and oxygen atoms in total. The van der Waals surface area contributed by atoms with Crippen molar-refractivity contribution < 1.29 is 9.47 Å². The fourth-order valence-electron chi connectivity index (χ4n) is 5.59. The smallest absolute Gasteiger partial charge is 0.217 e. The van der Waals surface area contributed by atoms with E-state index in [1.807, 2.05) is 66.7 Å². The molecule has 1 aromatic heterocycles. The van der Waals surface area contributed by atoms with Gasteiger partial charge in [-0.05, 0) is 90.8 Å². The lowest BCUT2D eigenvalue weighted by Gasteiger charge is -2.30. The van der Waals surface area contributed by atoms with Crippen LogP contribution in [-0.2, 0) is 9.47 Å². The van der Waals surface area contributed by atoms with Gasteiger partial charge in [0.05, 0.1) is 11.1 Å². The Morgan fingerprint density at radius 1 is 0.375 bits per heavy atom. The van der Waals surface area contributed by atoms with Crippen molar-refractivity contribution in [1.29, 1.82) is 0 Å². The van der Waals surface area contributed by atoms with Gasteiger partial charge < -0.3 is 9.47 Å². The third-order valence-corrected chi connectivity index (χ3v) is 10.0. The highest BCUT2D eigenvalue weighted by atomic mass is 16.5. The summed E-state index contributed by atoms with van der Waals surface area (Å²) in [6.07, 6.45) is 0. The fourth-order valence-corrected chi connectivity index (χ4v) is 5.59. The van der Waals surface area contributed by atoms with Gasteiger partial charge in [-0.2, -0.15) is 0 Å². The van der Waals surface area contributed by atoms with Crippen LogP contribution in [0.3, 0.4) is 0 Å². The molecule has 0 atom stereocenters. The molecule has 0 spiro atoms. The Morgan fingerprint density at radius 3 is 1.15 bits per heavy atom. The summed E-state index contributed by atoms with van der Waals surface area (Å²) in [5.74, 6) is 2.94. The normalized spacial score (nSPS) is 18.4. The number of nitrogens with zero attached hydrogens (tertiary/aromatic N) is 5. The summed E-state index contributed by atoms with van der Waals surface area (Å²) in [5, 5.41) is 0. The van der Waals surface area contributed by atoms with Gasteiger partial charge >= 0.3 is 0 Å². The molecule has 0 aliphatic carbocycles. The number of aliphatic imine (C=N–C) groups is 2. The molecule has 0 amide bonds. The van der Waals surface area contributed by atoms with E-state index in [0.717, 1.165) is 38.9 Å². The first-order valence-corrected chi connectivity index (χ1v) is 16.4. The zero-order valence-corrected chi connectivity index (χ0v) is 28.9. The van der Waals surface area contributed by atoms with Gasteiger partial charge in [0.15, 0.2) is 17.5 Å². The van der Waals surface area contributed by atoms with E-state index < -0.39 is 11.2 Å². The maximum absolute atomic E-state index is 6.34. The lowest BCUT2D eigenvalue weighted by atomic mass is 9.87. The predicted octanol–water partition coefficient (Wildman–Crippen LogP) is 9.21. The second kappa shape index (κ2) is 11.2. The number of hydrogen-bond acceptors (Lipinski definition) is 7. The molecule has 5 aromatic rings. The van der Waals surface area contributed by atoms with Gasteiger partial charge in [-0.1, -0.05) is 78.9 Å². The van der Waals surface area contributed by atoms with Crippen molar-refractivity contribution in [2.45, 2.75) is 77.7 Å². The zero-order valence-electron chi connectivity index (χ0n) is 28.9. The fraction of sp³-hybridized carbons (Fsp3) is 0.293. The number of hydrogen-bond donors (Lipinski definition) is 0. The minimum atomic E-state index is -0.430. The van der Waals surface area contributed by atoms with E-state index in [1.165, 1.54) is 0 Å². The van der Waals surface area contributed by atoms with Crippen LogP contribution in [0, 0.1) is 0 Å². The average molecular weight is 636 g/mol. The molecule has 242 valence electrons. The number of benzene rings is 4. The SMILES string of the molecule is CC1(C)N=C(c2cccc(-c3nc(-c4ccc(-c5ccccc5)cc4)nc(-c4cccc(C5=NC(C)(C)C(C)(C)O5)c4)n3)c2)OC1(C)C. The van der Waals surface area contributed by atoms with Crippen LogP contribution < -0.4 is 0 Å². The summed E-state index contributed by atoms with van der Waals surface area (Å²) >= 11 is 0. The Kier molecular flexibility index (Phi) is 7.35. The number of ether oxygens (including phenoxy) is 2. The number of rotatable bonds is 6. The van der Waals surface area contributed by atoms with E-state index in [4.69, 9.17) is 34.4 Å². The van der Waals surface area contributed by atoms with E-state index in [9.17, 15) is 0 Å². The maximum Gasteiger partial charge on any atom is 0.217 e. The van der Waals surface area contributed by atoms with Crippen molar-refractivity contribution in [2.75, 3.05) is 0 Å². The van der Waals surface area contributed by atoms with Gasteiger partial charge in [0.25, 0.3) is 0 Å². The van der Waals surface area contributed by atoms with Crippen molar-refractivity contribution in [2.24, 2.45) is 9.98 Å². The van der Waals surface area contributed by atoms with Crippen molar-refractivity contribution in [3.05, 3.63) is 114 Å². The summed E-state index contributed by atoms with van der Waals surface area (Å²) in [6, 6.07) is 34.8. The Hall–Kier alpha value is -5.17. The van der Waals surface area contributed by atoms with Gasteiger partial charge in [0.2, 0.25) is 11.8 Å². The third-order valence-electron chi connectivity index (χ3n) is 10.0. The van der Waals surface area contributed by atoms with Crippen LogP contribution in [0.25, 0.3) is 45.3 Å². The summed E-state index contributed by atoms with van der Waals surface area (Å²) < 4.78 is 12.7. The molecule has 0 fully saturated rings. The molecule has 7 rings (SSSR count). The second-order valence-electron chi connectivity index (χ2n) is 14.6. The van der Waals surface area contributed by atoms with Crippen LogP contribution in [-0.4, -0.2) is 49.0 Å². The lowest BCUT2D eigenvalue weighted by molar-refractivity contribution is 0.0618. The topological polar surface area (TPSA) is 81.9 Å². The third kappa shape index (κ3) is 5.68. The van der Waals surface area contributed by atoms with Crippen molar-refractivity contribution in [3.8, 4) is 45.3 Å². The van der Waals surface area contributed by atoms with E-state index >= 15 is 0 Å². The highest BCUT2D eigenvalue weighted by molar-refractivity contribution is 5.98. The Balaban J connectivity index is 1.32. The van der Waals surface area contributed by atoms with Gasteiger partial charge in [-0.15, -0.1) is 0 Å². The van der Waals surface area contributed by atoms with Crippen LogP contribution in [0.4, 0.5) is 0 Å². The van der Waals surface area contributed by atoms with Gasteiger partial charge in [-0.3, -0.25) is 0 Å². The molecule has 0 bridgehead atoms. The monoisotopic (exact) mass is 635 g/mol. The quantitative estimate of drug-likeness (QED) is 0.186. The highest BCUT2D eigenvalue weighted by Gasteiger charge is 2.46. The molecule has 2 aliphatic rings. The average Bonchev–Trinajstić information content (AvgIpc) is 3.44. The van der Waals surface area contributed by atoms with Crippen molar-refractivity contribution >= 4 is 11.8 Å². The standard InChI is InChI=1S/C41H41N5O2/c1-38(2)40(5,6)47-36(45-38)31-18-12-16-29(24-31)34-42-33(28-22-20-27(21-23-28)26-14-10-9-11-15-26)43-35(44-34)30-17-13-19-32(25-30)37-46-39(3,4)41(7,8)48-37/h9-25H,1-8H3. The van der Waals surface area contributed by atoms with Crippen molar-refractivity contribution in [3.63, 3.8) is 0 Å². The van der Waals surface area contributed by atoms with Crippen LogP contribution in [0.15, 0.2) is 113 Å². The summed E-state index contributed by atoms with van der Waals surface area (Å²) in [4.78, 5) is 24.9. The first-order valence-electron chi connectivity index (χ1n) is 16.4. The molecular weight excluding hydrogens is 594 g/mol. The minimum absolute atomic E-state index is 0.361.